The fourth-order valence-electron chi connectivity index (χ4n) is 4.01. The van der Waals surface area contributed by atoms with Crippen molar-refractivity contribution < 1.29 is 13.2 Å². The molecule has 31 heavy (non-hydrogen) atoms. The van der Waals surface area contributed by atoms with Gasteiger partial charge in [0.15, 0.2) is 0 Å². The second kappa shape index (κ2) is 9.25. The lowest BCUT2D eigenvalue weighted by Gasteiger charge is -2.34. The molecule has 1 aliphatic carbocycles. The number of rotatable bonds is 6. The van der Waals surface area contributed by atoms with E-state index >= 15 is 0 Å². The molecule has 2 aromatic rings. The van der Waals surface area contributed by atoms with Crippen molar-refractivity contribution in [3.05, 3.63) is 52.5 Å². The predicted molar refractivity (Wildman–Crippen MR) is 127 cm³/mol. The van der Waals surface area contributed by atoms with Crippen LogP contribution < -0.4 is 5.32 Å². The fraction of sp³-hybridized carbons (Fsp3) is 0.435. The lowest BCUT2D eigenvalue weighted by atomic mass is 9.94. The average molecular weight is 524 g/mol. The first-order valence-electron chi connectivity index (χ1n) is 10.6. The van der Waals surface area contributed by atoms with Crippen molar-refractivity contribution in [1.29, 1.82) is 0 Å². The Kier molecular flexibility index (Phi) is 6.82. The van der Waals surface area contributed by atoms with Gasteiger partial charge in [-0.3, -0.25) is 4.79 Å². The summed E-state index contributed by atoms with van der Waals surface area (Å²) in [5, 5.41) is 3.01. The number of amides is 1. The van der Waals surface area contributed by atoms with Gasteiger partial charge in [0.05, 0.1) is 10.5 Å². The Morgan fingerprint density at radius 3 is 2.32 bits per heavy atom. The standard InChI is InChI=1S/C23H27BrN2O3S2/c1-15-11-16(2)14-26(13-15)31(28,29)20-9-10-22(30-19-7-3-17(24)4-8-19)21(12-20)23(27)25-18-5-6-18/h3-4,7-10,12,15-16,18H,5-6,11,13-14H2,1-2H3,(H,25,27)/t15-,16-/m1/s1. The minimum atomic E-state index is -3.65. The molecule has 8 heteroatoms. The molecule has 4 rings (SSSR count). The van der Waals surface area contributed by atoms with Gasteiger partial charge >= 0.3 is 0 Å². The summed E-state index contributed by atoms with van der Waals surface area (Å²) in [6.07, 6.45) is 2.98. The summed E-state index contributed by atoms with van der Waals surface area (Å²) < 4.78 is 29.3. The molecular weight excluding hydrogens is 496 g/mol. The van der Waals surface area contributed by atoms with Crippen LogP contribution in [0.4, 0.5) is 0 Å². The van der Waals surface area contributed by atoms with E-state index in [4.69, 9.17) is 0 Å². The van der Waals surface area contributed by atoms with Crippen LogP contribution in [0.15, 0.2) is 61.6 Å². The zero-order chi connectivity index (χ0) is 22.2. The molecule has 1 heterocycles. The number of halogens is 1. The molecule has 2 atom stereocenters. The molecule has 5 nitrogen and oxygen atoms in total. The Labute approximate surface area is 197 Å². The highest BCUT2D eigenvalue weighted by Crippen LogP contribution is 2.34. The van der Waals surface area contributed by atoms with Gasteiger partial charge in [-0.1, -0.05) is 41.5 Å². The number of carbonyl (C=O) groups excluding carboxylic acids is 1. The molecule has 1 amide bonds. The number of hydrogen-bond acceptors (Lipinski definition) is 4. The Hall–Kier alpha value is -1.35. The molecule has 1 saturated carbocycles. The van der Waals surface area contributed by atoms with E-state index in [2.05, 4.69) is 35.1 Å². The first kappa shape index (κ1) is 22.8. The van der Waals surface area contributed by atoms with Gasteiger partial charge in [-0.15, -0.1) is 0 Å². The predicted octanol–water partition coefficient (Wildman–Crippen LogP) is 5.16. The van der Waals surface area contributed by atoms with Crippen molar-refractivity contribution in [3.63, 3.8) is 0 Å². The minimum Gasteiger partial charge on any atom is -0.349 e. The molecule has 1 saturated heterocycles. The Balaban J connectivity index is 1.67. The van der Waals surface area contributed by atoms with Crippen molar-refractivity contribution >= 4 is 43.6 Å². The number of sulfonamides is 1. The molecule has 2 aliphatic rings. The number of hydrogen-bond donors (Lipinski definition) is 1. The van der Waals surface area contributed by atoms with Gasteiger partial charge in [0.2, 0.25) is 10.0 Å². The van der Waals surface area contributed by atoms with Crippen molar-refractivity contribution in [1.82, 2.24) is 9.62 Å². The Bertz CT molecular complexity index is 1060. The largest absolute Gasteiger partial charge is 0.349 e. The highest BCUT2D eigenvalue weighted by Gasteiger charge is 2.33. The van der Waals surface area contributed by atoms with E-state index in [-0.39, 0.29) is 16.8 Å². The van der Waals surface area contributed by atoms with Crippen LogP contribution in [-0.2, 0) is 10.0 Å². The second-order valence-electron chi connectivity index (χ2n) is 8.73. The van der Waals surface area contributed by atoms with E-state index in [1.807, 2.05) is 24.3 Å². The van der Waals surface area contributed by atoms with Crippen molar-refractivity contribution in [3.8, 4) is 0 Å². The zero-order valence-corrected chi connectivity index (χ0v) is 20.9. The van der Waals surface area contributed by atoms with Crippen molar-refractivity contribution in [2.24, 2.45) is 11.8 Å². The van der Waals surface area contributed by atoms with Crippen LogP contribution in [-0.4, -0.2) is 37.8 Å². The monoisotopic (exact) mass is 522 g/mol. The summed E-state index contributed by atoms with van der Waals surface area (Å²) in [7, 11) is -3.65. The average Bonchev–Trinajstić information content (AvgIpc) is 3.53. The van der Waals surface area contributed by atoms with E-state index in [0.29, 0.717) is 30.5 Å². The first-order chi connectivity index (χ1) is 14.7. The molecule has 1 N–H and O–H groups in total. The summed E-state index contributed by atoms with van der Waals surface area (Å²) in [4.78, 5) is 14.9. The molecule has 0 aromatic heterocycles. The van der Waals surface area contributed by atoms with Crippen LogP contribution in [0, 0.1) is 11.8 Å². The van der Waals surface area contributed by atoms with Crippen LogP contribution in [0.25, 0.3) is 0 Å². The summed E-state index contributed by atoms with van der Waals surface area (Å²) in [5.41, 5.74) is 0.416. The molecule has 0 unspecified atom stereocenters. The van der Waals surface area contributed by atoms with E-state index < -0.39 is 10.0 Å². The maximum atomic E-state index is 13.4. The highest BCUT2D eigenvalue weighted by molar-refractivity contribution is 9.10. The molecule has 0 radical (unpaired) electrons. The second-order valence-corrected chi connectivity index (χ2v) is 12.7. The quantitative estimate of drug-likeness (QED) is 0.568. The number of nitrogens with zero attached hydrogens (tertiary/aromatic N) is 1. The van der Waals surface area contributed by atoms with Gasteiger partial charge in [-0.25, -0.2) is 8.42 Å². The van der Waals surface area contributed by atoms with Crippen LogP contribution in [0.3, 0.4) is 0 Å². The van der Waals surface area contributed by atoms with Crippen LogP contribution in [0.1, 0.15) is 43.5 Å². The third-order valence-corrected chi connectivity index (χ3v) is 9.06. The zero-order valence-electron chi connectivity index (χ0n) is 17.7. The third-order valence-electron chi connectivity index (χ3n) is 5.62. The molecule has 2 aromatic carbocycles. The fourth-order valence-corrected chi connectivity index (χ4v) is 6.90. The number of piperidine rings is 1. The summed E-state index contributed by atoms with van der Waals surface area (Å²) in [6.45, 7) is 5.21. The van der Waals surface area contributed by atoms with E-state index in [0.717, 1.165) is 33.5 Å². The minimum absolute atomic E-state index is 0.190. The number of benzene rings is 2. The molecular formula is C23H27BrN2O3S2. The van der Waals surface area contributed by atoms with E-state index in [9.17, 15) is 13.2 Å². The van der Waals surface area contributed by atoms with Gasteiger partial charge < -0.3 is 5.32 Å². The number of carbonyl (C=O) groups is 1. The van der Waals surface area contributed by atoms with Crippen LogP contribution in [0.5, 0.6) is 0 Å². The van der Waals surface area contributed by atoms with Crippen molar-refractivity contribution in [2.75, 3.05) is 13.1 Å². The lowest BCUT2D eigenvalue weighted by Crippen LogP contribution is -2.42. The first-order valence-corrected chi connectivity index (χ1v) is 13.7. The van der Waals surface area contributed by atoms with Crippen LogP contribution >= 0.6 is 27.7 Å². The number of nitrogens with one attached hydrogen (secondary N) is 1. The summed E-state index contributed by atoms with van der Waals surface area (Å²) >= 11 is 4.90. The van der Waals surface area contributed by atoms with Crippen molar-refractivity contribution in [2.45, 2.75) is 53.8 Å². The molecule has 166 valence electrons. The summed E-state index contributed by atoms with van der Waals surface area (Å²) in [6, 6.07) is 13.0. The van der Waals surface area contributed by atoms with Gasteiger partial charge in [-0.05, 0) is 73.6 Å². The SMILES string of the molecule is C[C@@H]1C[C@@H](C)CN(S(=O)(=O)c2ccc(Sc3ccc(Br)cc3)c(C(=O)NC3CC3)c2)C1. The normalized spacial score (nSPS) is 22.3. The van der Waals surface area contributed by atoms with Gasteiger partial charge in [0.1, 0.15) is 0 Å². The maximum absolute atomic E-state index is 13.4. The van der Waals surface area contributed by atoms with Gasteiger partial charge in [0.25, 0.3) is 5.91 Å². The van der Waals surface area contributed by atoms with Gasteiger partial charge in [0, 0.05) is 33.4 Å². The van der Waals surface area contributed by atoms with E-state index in [1.54, 1.807) is 22.5 Å². The van der Waals surface area contributed by atoms with Crippen LogP contribution in [0.2, 0.25) is 0 Å². The van der Waals surface area contributed by atoms with E-state index in [1.165, 1.54) is 11.8 Å². The smallest absolute Gasteiger partial charge is 0.252 e. The summed E-state index contributed by atoms with van der Waals surface area (Å²) in [5.74, 6) is 0.436. The lowest BCUT2D eigenvalue weighted by molar-refractivity contribution is 0.0948. The van der Waals surface area contributed by atoms with Gasteiger partial charge in [-0.2, -0.15) is 4.31 Å². The Morgan fingerprint density at radius 1 is 1.06 bits per heavy atom. The highest BCUT2D eigenvalue weighted by atomic mass is 79.9. The molecule has 0 spiro atoms. The molecule has 0 bridgehead atoms. The third kappa shape index (κ3) is 5.53. The maximum Gasteiger partial charge on any atom is 0.252 e. The molecule has 1 aliphatic heterocycles. The Morgan fingerprint density at radius 2 is 1.71 bits per heavy atom. The topological polar surface area (TPSA) is 66.5 Å². The molecule has 2 fully saturated rings.